The summed E-state index contributed by atoms with van der Waals surface area (Å²) in [6.45, 7) is 4.19. The first-order chi connectivity index (χ1) is 5.81. The minimum Gasteiger partial charge on any atom is -0.396 e. The molecule has 0 radical (unpaired) electrons. The van der Waals surface area contributed by atoms with E-state index in [9.17, 15) is 5.11 Å². The van der Waals surface area contributed by atoms with Gasteiger partial charge in [-0.2, -0.15) is 0 Å². The van der Waals surface area contributed by atoms with Crippen molar-refractivity contribution < 1.29 is 9.84 Å². The molecule has 2 bridgehead atoms. The van der Waals surface area contributed by atoms with Crippen molar-refractivity contribution in [3.8, 4) is 0 Å². The first-order valence-corrected chi connectivity index (χ1v) is 4.68. The van der Waals surface area contributed by atoms with Crippen LogP contribution in [0.15, 0.2) is 0 Å². The SMILES string of the molecule is CN1CC2COCC(C1)C2CO. The average Bonchev–Trinajstić information content (AvgIpc) is 2.02. The highest BCUT2D eigenvalue weighted by atomic mass is 16.5. The van der Waals surface area contributed by atoms with Crippen LogP contribution in [0, 0.1) is 17.8 Å². The van der Waals surface area contributed by atoms with Crippen molar-refractivity contribution in [1.82, 2.24) is 4.90 Å². The maximum atomic E-state index is 9.21. The van der Waals surface area contributed by atoms with E-state index in [1.54, 1.807) is 0 Å². The molecule has 0 aromatic carbocycles. The summed E-state index contributed by atoms with van der Waals surface area (Å²) in [5.74, 6) is 1.62. The fraction of sp³-hybridized carbons (Fsp3) is 1.00. The molecule has 2 atom stereocenters. The van der Waals surface area contributed by atoms with E-state index in [0.29, 0.717) is 24.4 Å². The summed E-state index contributed by atoms with van der Waals surface area (Å²) in [4.78, 5) is 2.35. The fourth-order valence-corrected chi connectivity index (χ4v) is 2.55. The number of nitrogens with zero attached hydrogens (tertiary/aromatic N) is 1. The molecule has 2 saturated heterocycles. The highest BCUT2D eigenvalue weighted by Gasteiger charge is 2.38. The molecule has 0 aliphatic carbocycles. The normalized spacial score (nSPS) is 43.0. The van der Waals surface area contributed by atoms with E-state index in [1.807, 2.05) is 0 Å². The standard InChI is InChI=1S/C9H17NO2/c1-10-2-7-5-12-6-8(3-10)9(7)4-11/h7-9,11H,2-6H2,1H3. The zero-order valence-corrected chi connectivity index (χ0v) is 7.57. The first-order valence-electron chi connectivity index (χ1n) is 4.68. The monoisotopic (exact) mass is 171 g/mol. The lowest BCUT2D eigenvalue weighted by molar-refractivity contribution is -0.0918. The van der Waals surface area contributed by atoms with Crippen LogP contribution in [0.4, 0.5) is 0 Å². The zero-order valence-electron chi connectivity index (χ0n) is 7.57. The van der Waals surface area contributed by atoms with Gasteiger partial charge in [0.1, 0.15) is 0 Å². The Bertz CT molecular complexity index is 149. The molecular weight excluding hydrogens is 154 g/mol. The number of aliphatic hydroxyl groups excluding tert-OH is 1. The van der Waals surface area contributed by atoms with E-state index in [2.05, 4.69) is 11.9 Å². The van der Waals surface area contributed by atoms with Gasteiger partial charge in [-0.15, -0.1) is 0 Å². The fourth-order valence-electron chi connectivity index (χ4n) is 2.55. The zero-order chi connectivity index (χ0) is 8.55. The minimum atomic E-state index is 0.340. The van der Waals surface area contributed by atoms with Gasteiger partial charge in [0.15, 0.2) is 0 Å². The van der Waals surface area contributed by atoms with Crippen molar-refractivity contribution in [1.29, 1.82) is 0 Å². The lowest BCUT2D eigenvalue weighted by Crippen LogP contribution is -2.52. The van der Waals surface area contributed by atoms with Gasteiger partial charge in [0.25, 0.3) is 0 Å². The van der Waals surface area contributed by atoms with Gasteiger partial charge in [-0.3, -0.25) is 0 Å². The van der Waals surface area contributed by atoms with Crippen molar-refractivity contribution in [2.75, 3.05) is 40.0 Å². The number of hydrogen-bond acceptors (Lipinski definition) is 3. The van der Waals surface area contributed by atoms with Crippen LogP contribution in [0.3, 0.4) is 0 Å². The van der Waals surface area contributed by atoms with Gasteiger partial charge < -0.3 is 14.7 Å². The van der Waals surface area contributed by atoms with E-state index < -0.39 is 0 Å². The van der Waals surface area contributed by atoms with Gasteiger partial charge in [-0.1, -0.05) is 0 Å². The number of rotatable bonds is 1. The summed E-state index contributed by atoms with van der Waals surface area (Å²) in [5, 5.41) is 9.21. The molecule has 3 nitrogen and oxygen atoms in total. The van der Waals surface area contributed by atoms with E-state index >= 15 is 0 Å². The smallest absolute Gasteiger partial charge is 0.0510 e. The number of piperidine rings is 1. The van der Waals surface area contributed by atoms with Crippen LogP contribution < -0.4 is 0 Å². The predicted octanol–water partition coefficient (Wildman–Crippen LogP) is -0.197. The van der Waals surface area contributed by atoms with Gasteiger partial charge >= 0.3 is 0 Å². The first kappa shape index (κ1) is 8.48. The molecule has 2 unspecified atom stereocenters. The van der Waals surface area contributed by atoms with Crippen molar-refractivity contribution in [2.24, 2.45) is 17.8 Å². The predicted molar refractivity (Wildman–Crippen MR) is 45.9 cm³/mol. The molecule has 2 fully saturated rings. The summed E-state index contributed by atoms with van der Waals surface area (Å²) < 4.78 is 5.48. The third-order valence-corrected chi connectivity index (χ3v) is 3.18. The second kappa shape index (κ2) is 3.32. The van der Waals surface area contributed by atoms with Crippen molar-refractivity contribution in [3.05, 3.63) is 0 Å². The molecule has 0 aromatic rings. The minimum absolute atomic E-state index is 0.340. The lowest BCUT2D eigenvalue weighted by atomic mass is 9.77. The van der Waals surface area contributed by atoms with Gasteiger partial charge in [0.2, 0.25) is 0 Å². The molecule has 70 valence electrons. The van der Waals surface area contributed by atoms with Crippen LogP contribution in [0.2, 0.25) is 0 Å². The number of aliphatic hydroxyl groups is 1. The molecular formula is C9H17NO2. The third kappa shape index (κ3) is 1.37. The van der Waals surface area contributed by atoms with Crippen LogP contribution in [0.25, 0.3) is 0 Å². The molecule has 0 aromatic heterocycles. The molecule has 2 rings (SSSR count). The molecule has 1 N–H and O–H groups in total. The Kier molecular flexibility index (Phi) is 2.35. The highest BCUT2D eigenvalue weighted by Crippen LogP contribution is 2.31. The largest absolute Gasteiger partial charge is 0.396 e. The Morgan fingerprint density at radius 3 is 2.42 bits per heavy atom. The number of likely N-dealkylation sites (tertiary alicyclic amines) is 1. The Labute approximate surface area is 73.3 Å². The lowest BCUT2D eigenvalue weighted by Gasteiger charge is -2.45. The Hall–Kier alpha value is -0.120. The third-order valence-electron chi connectivity index (χ3n) is 3.18. The quantitative estimate of drug-likeness (QED) is 0.593. The molecule has 0 saturated carbocycles. The Balaban J connectivity index is 2.06. The van der Waals surface area contributed by atoms with E-state index in [1.165, 1.54) is 0 Å². The van der Waals surface area contributed by atoms with Crippen LogP contribution in [0.1, 0.15) is 0 Å². The van der Waals surface area contributed by atoms with Gasteiger partial charge in [0, 0.05) is 31.5 Å². The van der Waals surface area contributed by atoms with Crippen LogP contribution in [-0.4, -0.2) is 50.0 Å². The summed E-state index contributed by atoms with van der Waals surface area (Å²) in [6, 6.07) is 0. The highest BCUT2D eigenvalue weighted by molar-refractivity contribution is 4.87. The summed E-state index contributed by atoms with van der Waals surface area (Å²) in [7, 11) is 2.15. The van der Waals surface area contributed by atoms with Crippen molar-refractivity contribution >= 4 is 0 Å². The number of hydrogen-bond donors (Lipinski definition) is 1. The molecule has 3 heteroatoms. The maximum absolute atomic E-state index is 9.21. The van der Waals surface area contributed by atoms with Crippen LogP contribution >= 0.6 is 0 Å². The maximum Gasteiger partial charge on any atom is 0.0510 e. The van der Waals surface area contributed by atoms with E-state index in [-0.39, 0.29) is 0 Å². The molecule has 2 heterocycles. The Morgan fingerprint density at radius 2 is 1.92 bits per heavy atom. The van der Waals surface area contributed by atoms with Crippen molar-refractivity contribution in [3.63, 3.8) is 0 Å². The molecule has 0 amide bonds. The molecule has 0 spiro atoms. The van der Waals surface area contributed by atoms with Gasteiger partial charge in [-0.25, -0.2) is 0 Å². The average molecular weight is 171 g/mol. The van der Waals surface area contributed by atoms with Crippen LogP contribution in [0.5, 0.6) is 0 Å². The second-order valence-electron chi connectivity index (χ2n) is 4.13. The van der Waals surface area contributed by atoms with Crippen molar-refractivity contribution in [2.45, 2.75) is 0 Å². The molecule has 2 aliphatic rings. The number of ether oxygens (including phenoxy) is 1. The Morgan fingerprint density at radius 1 is 1.33 bits per heavy atom. The summed E-state index contributed by atoms with van der Waals surface area (Å²) >= 11 is 0. The van der Waals surface area contributed by atoms with E-state index in [0.717, 1.165) is 26.3 Å². The van der Waals surface area contributed by atoms with Gasteiger partial charge in [-0.05, 0) is 13.0 Å². The van der Waals surface area contributed by atoms with E-state index in [4.69, 9.17) is 4.74 Å². The summed E-state index contributed by atoms with van der Waals surface area (Å²) in [6.07, 6.45) is 0. The molecule has 12 heavy (non-hydrogen) atoms. The van der Waals surface area contributed by atoms with Gasteiger partial charge in [0.05, 0.1) is 13.2 Å². The number of fused-ring (bicyclic) bond motifs is 2. The summed E-state index contributed by atoms with van der Waals surface area (Å²) in [5.41, 5.74) is 0. The topological polar surface area (TPSA) is 32.7 Å². The molecule has 2 aliphatic heterocycles. The second-order valence-corrected chi connectivity index (χ2v) is 4.13. The van der Waals surface area contributed by atoms with Crippen LogP contribution in [-0.2, 0) is 4.74 Å².